The van der Waals surface area contributed by atoms with Gasteiger partial charge in [0, 0.05) is 43.8 Å². The molecule has 2 aromatic rings. The number of Topliss-reactive ketones (excluding diaryl/α,β-unsaturated/α-hetero) is 2. The lowest BCUT2D eigenvalue weighted by Crippen LogP contribution is -2.42. The normalized spacial score (nSPS) is 17.8. The summed E-state index contributed by atoms with van der Waals surface area (Å²) in [6.45, 7) is 11.0. The predicted octanol–water partition coefficient (Wildman–Crippen LogP) is 7.23. The van der Waals surface area contributed by atoms with Crippen LogP contribution in [0.3, 0.4) is 0 Å². The number of amides is 1. The Morgan fingerprint density at radius 1 is 1.07 bits per heavy atom. The standard InChI is InChI=1S/C35H51N3O3S/c1-4-11-30(39)22-28(23-34-37-31-16-14-26(5-2)21-33(31)42-34)35(41)36-29(20-27-12-7-6-8-13-27)15-17-32(40)25(3)24-38-18-9-10-19-38/h14,16,21,27-29H,3-13,15,17-20,22-24H2,1-2H3,(H,36,41)/t28-,29+/m0/s1. The van der Waals surface area contributed by atoms with Gasteiger partial charge in [-0.05, 0) is 75.2 Å². The van der Waals surface area contributed by atoms with Gasteiger partial charge in [-0.2, -0.15) is 0 Å². The molecule has 6 nitrogen and oxygen atoms in total. The first-order valence-corrected chi connectivity index (χ1v) is 17.3. The van der Waals surface area contributed by atoms with Gasteiger partial charge < -0.3 is 5.32 Å². The number of likely N-dealkylation sites (tertiary alicyclic amines) is 1. The summed E-state index contributed by atoms with van der Waals surface area (Å²) in [7, 11) is 0. The second kappa shape index (κ2) is 16.5. The number of carbonyl (C=O) groups excluding carboxylic acids is 3. The number of rotatable bonds is 17. The van der Waals surface area contributed by atoms with E-state index < -0.39 is 5.92 Å². The number of benzene rings is 1. The van der Waals surface area contributed by atoms with E-state index in [0.717, 1.165) is 47.6 Å². The van der Waals surface area contributed by atoms with Crippen LogP contribution in [-0.2, 0) is 27.2 Å². The Bertz CT molecular complexity index is 1210. The van der Waals surface area contributed by atoms with Gasteiger partial charge in [0.1, 0.15) is 5.78 Å². The zero-order valence-electron chi connectivity index (χ0n) is 25.9. The van der Waals surface area contributed by atoms with Crippen molar-refractivity contribution in [3.63, 3.8) is 0 Å². The van der Waals surface area contributed by atoms with Crippen molar-refractivity contribution in [1.29, 1.82) is 0 Å². The van der Waals surface area contributed by atoms with Crippen molar-refractivity contribution >= 4 is 39.0 Å². The van der Waals surface area contributed by atoms with Gasteiger partial charge in [-0.3, -0.25) is 19.3 Å². The van der Waals surface area contributed by atoms with Crippen molar-refractivity contribution in [2.75, 3.05) is 19.6 Å². The molecule has 230 valence electrons. The summed E-state index contributed by atoms with van der Waals surface area (Å²) in [6.07, 6.45) is 13.4. The Labute approximate surface area is 256 Å². The molecular formula is C35H51N3O3S. The van der Waals surface area contributed by atoms with Gasteiger partial charge in [0.25, 0.3) is 0 Å². The molecule has 1 saturated carbocycles. The van der Waals surface area contributed by atoms with Gasteiger partial charge in [0.05, 0.1) is 21.1 Å². The minimum atomic E-state index is -0.454. The highest BCUT2D eigenvalue weighted by molar-refractivity contribution is 7.18. The first kappa shape index (κ1) is 32.5. The molecular weight excluding hydrogens is 542 g/mol. The fourth-order valence-electron chi connectivity index (χ4n) is 6.62. The smallest absolute Gasteiger partial charge is 0.224 e. The summed E-state index contributed by atoms with van der Waals surface area (Å²) in [5, 5.41) is 4.25. The highest BCUT2D eigenvalue weighted by Crippen LogP contribution is 2.30. The number of carbonyl (C=O) groups is 3. The van der Waals surface area contributed by atoms with Crippen LogP contribution in [0.4, 0.5) is 0 Å². The van der Waals surface area contributed by atoms with Crippen molar-refractivity contribution in [3.8, 4) is 0 Å². The van der Waals surface area contributed by atoms with E-state index in [1.807, 2.05) is 6.92 Å². The molecule has 4 rings (SSSR count). The summed E-state index contributed by atoms with van der Waals surface area (Å²) in [5.74, 6) is 0.288. The number of hydrogen-bond donors (Lipinski definition) is 1. The molecule has 1 aromatic heterocycles. The van der Waals surface area contributed by atoms with Crippen LogP contribution in [0, 0.1) is 11.8 Å². The topological polar surface area (TPSA) is 79.4 Å². The van der Waals surface area contributed by atoms with Gasteiger partial charge in [0.15, 0.2) is 5.78 Å². The van der Waals surface area contributed by atoms with E-state index in [1.165, 1.54) is 50.5 Å². The van der Waals surface area contributed by atoms with Gasteiger partial charge in [-0.25, -0.2) is 4.98 Å². The zero-order valence-corrected chi connectivity index (χ0v) is 26.7. The van der Waals surface area contributed by atoms with Crippen LogP contribution in [0.2, 0.25) is 0 Å². The number of nitrogens with one attached hydrogen (secondary N) is 1. The van der Waals surface area contributed by atoms with Crippen LogP contribution in [0.25, 0.3) is 10.2 Å². The minimum Gasteiger partial charge on any atom is -0.353 e. The van der Waals surface area contributed by atoms with Crippen molar-refractivity contribution in [2.24, 2.45) is 11.8 Å². The summed E-state index contributed by atoms with van der Waals surface area (Å²) in [4.78, 5) is 46.8. The van der Waals surface area contributed by atoms with Gasteiger partial charge in [-0.1, -0.05) is 58.6 Å². The van der Waals surface area contributed by atoms with Crippen molar-refractivity contribution in [2.45, 2.75) is 116 Å². The lowest BCUT2D eigenvalue weighted by Gasteiger charge is -2.28. The maximum atomic E-state index is 13.9. The zero-order chi connectivity index (χ0) is 29.9. The molecule has 0 radical (unpaired) electrons. The van der Waals surface area contributed by atoms with Crippen molar-refractivity contribution in [1.82, 2.24) is 15.2 Å². The molecule has 2 fully saturated rings. The first-order valence-electron chi connectivity index (χ1n) is 16.5. The average molecular weight is 594 g/mol. The monoisotopic (exact) mass is 593 g/mol. The number of hydrogen-bond acceptors (Lipinski definition) is 6. The van der Waals surface area contributed by atoms with Crippen LogP contribution < -0.4 is 5.32 Å². The van der Waals surface area contributed by atoms with Crippen LogP contribution in [0.5, 0.6) is 0 Å². The molecule has 1 aromatic carbocycles. The fourth-order valence-corrected chi connectivity index (χ4v) is 7.73. The summed E-state index contributed by atoms with van der Waals surface area (Å²) in [5.41, 5.74) is 2.91. The Morgan fingerprint density at radius 2 is 1.83 bits per heavy atom. The predicted molar refractivity (Wildman–Crippen MR) is 173 cm³/mol. The Kier molecular flexibility index (Phi) is 12.8. The number of thiazole rings is 1. The molecule has 2 aliphatic rings. The molecule has 0 bridgehead atoms. The molecule has 1 aliphatic heterocycles. The largest absolute Gasteiger partial charge is 0.353 e. The summed E-state index contributed by atoms with van der Waals surface area (Å²) in [6, 6.07) is 6.27. The van der Waals surface area contributed by atoms with E-state index in [2.05, 4.69) is 41.9 Å². The second-order valence-electron chi connectivity index (χ2n) is 12.7. The lowest BCUT2D eigenvalue weighted by atomic mass is 9.83. The van der Waals surface area contributed by atoms with E-state index in [4.69, 9.17) is 4.98 Å². The number of aromatic nitrogens is 1. The molecule has 2 atom stereocenters. The quantitative estimate of drug-likeness (QED) is 0.196. The third kappa shape index (κ3) is 9.84. The number of ketones is 2. The third-order valence-corrected chi connectivity index (χ3v) is 10.2. The van der Waals surface area contributed by atoms with Crippen LogP contribution in [0.1, 0.15) is 108 Å². The van der Waals surface area contributed by atoms with Crippen LogP contribution in [-0.4, -0.2) is 53.0 Å². The molecule has 1 N–H and O–H groups in total. The van der Waals surface area contributed by atoms with Crippen molar-refractivity contribution < 1.29 is 14.4 Å². The highest BCUT2D eigenvalue weighted by Gasteiger charge is 2.28. The average Bonchev–Trinajstić information content (AvgIpc) is 3.65. The number of aryl methyl sites for hydroxylation is 1. The third-order valence-electron chi connectivity index (χ3n) is 9.12. The molecule has 1 amide bonds. The lowest BCUT2D eigenvalue weighted by molar-refractivity contribution is -0.130. The maximum Gasteiger partial charge on any atom is 0.224 e. The molecule has 42 heavy (non-hydrogen) atoms. The van der Waals surface area contributed by atoms with E-state index in [1.54, 1.807) is 11.3 Å². The molecule has 7 heteroatoms. The molecule has 1 saturated heterocycles. The number of fused-ring (bicyclic) bond motifs is 1. The Balaban J connectivity index is 1.44. The maximum absolute atomic E-state index is 13.9. The van der Waals surface area contributed by atoms with Crippen LogP contribution in [0.15, 0.2) is 30.4 Å². The number of nitrogens with zero attached hydrogens (tertiary/aromatic N) is 2. The summed E-state index contributed by atoms with van der Waals surface area (Å²) < 4.78 is 1.13. The Hall–Kier alpha value is -2.38. The highest BCUT2D eigenvalue weighted by atomic mass is 32.1. The minimum absolute atomic E-state index is 0.0721. The molecule has 0 unspecified atom stereocenters. The van der Waals surface area contributed by atoms with Crippen molar-refractivity contribution in [3.05, 3.63) is 40.9 Å². The van der Waals surface area contributed by atoms with E-state index >= 15 is 0 Å². The summed E-state index contributed by atoms with van der Waals surface area (Å²) >= 11 is 1.63. The SMILES string of the molecule is C=C(CN1CCCC1)C(=O)CC[C@H](CC1CCCCC1)NC(=O)[C@@H](CC(=O)CCC)Cc1nc2ccc(CC)cc2s1. The molecule has 1 aliphatic carbocycles. The molecule has 0 spiro atoms. The Morgan fingerprint density at radius 3 is 2.55 bits per heavy atom. The second-order valence-corrected chi connectivity index (χ2v) is 13.8. The van der Waals surface area contributed by atoms with E-state index in [9.17, 15) is 14.4 Å². The van der Waals surface area contributed by atoms with E-state index in [-0.39, 0.29) is 29.9 Å². The fraction of sp³-hybridized carbons (Fsp3) is 0.657. The van der Waals surface area contributed by atoms with Gasteiger partial charge >= 0.3 is 0 Å². The van der Waals surface area contributed by atoms with E-state index in [0.29, 0.717) is 43.7 Å². The molecule has 2 heterocycles. The van der Waals surface area contributed by atoms with Gasteiger partial charge in [0.2, 0.25) is 5.91 Å². The van der Waals surface area contributed by atoms with Crippen LogP contribution >= 0.6 is 11.3 Å². The first-order chi connectivity index (χ1) is 20.3. The van der Waals surface area contributed by atoms with Gasteiger partial charge in [-0.15, -0.1) is 11.3 Å².